The fourth-order valence-corrected chi connectivity index (χ4v) is 2.81. The molecule has 0 bridgehead atoms. The maximum atomic E-state index is 12.2. The Kier molecular flexibility index (Phi) is 4.45. The number of benzene rings is 1. The van der Waals surface area contributed by atoms with E-state index in [1.54, 1.807) is 6.33 Å². The molecule has 122 valence electrons. The van der Waals surface area contributed by atoms with Crippen LogP contribution in [0.3, 0.4) is 0 Å². The Morgan fingerprint density at radius 3 is 2.74 bits per heavy atom. The van der Waals surface area contributed by atoms with Crippen LogP contribution in [0.2, 0.25) is 0 Å². The molecule has 1 aromatic carbocycles. The first-order valence-electron chi connectivity index (χ1n) is 7.85. The minimum atomic E-state index is -0.432. The summed E-state index contributed by atoms with van der Waals surface area (Å²) in [6.45, 7) is 4.39. The Morgan fingerprint density at radius 2 is 2.17 bits per heavy atom. The molecule has 1 aliphatic rings. The van der Waals surface area contributed by atoms with Crippen LogP contribution in [0.15, 0.2) is 36.8 Å². The summed E-state index contributed by atoms with van der Waals surface area (Å²) < 4.78 is 1.96. The number of hydrogen-bond donors (Lipinski definition) is 3. The van der Waals surface area contributed by atoms with Crippen molar-refractivity contribution in [3.8, 4) is 5.69 Å². The zero-order valence-electron chi connectivity index (χ0n) is 13.4. The van der Waals surface area contributed by atoms with Crippen LogP contribution in [-0.4, -0.2) is 39.3 Å². The van der Waals surface area contributed by atoms with Gasteiger partial charge in [-0.3, -0.25) is 4.79 Å². The monoisotopic (exact) mass is 314 g/mol. The maximum Gasteiger partial charge on any atom is 0.237 e. The molecular weight excluding hydrogens is 292 g/mol. The van der Waals surface area contributed by atoms with Crippen molar-refractivity contribution >= 4 is 5.91 Å². The number of imidazole rings is 1. The molecule has 2 heterocycles. The standard InChI is InChI=1S/C17H22N4O2/c1-11-9-21(10-19-11)14-5-3-13(4-6-14)12(2)20-17(23)16-7-15(22)8-18-16/h3-6,9-10,12,15-16,18,22H,7-8H2,1-2H3,(H,20,23)/t12-,15?,16?/m0/s1. The van der Waals surface area contributed by atoms with E-state index < -0.39 is 6.10 Å². The molecule has 1 aromatic heterocycles. The van der Waals surface area contributed by atoms with Gasteiger partial charge in [0, 0.05) is 18.4 Å². The quantitative estimate of drug-likeness (QED) is 0.789. The first-order chi connectivity index (χ1) is 11.0. The molecule has 1 amide bonds. The van der Waals surface area contributed by atoms with E-state index in [0.717, 1.165) is 16.9 Å². The van der Waals surface area contributed by atoms with Crippen molar-refractivity contribution in [1.29, 1.82) is 0 Å². The van der Waals surface area contributed by atoms with Crippen LogP contribution < -0.4 is 10.6 Å². The number of rotatable bonds is 4. The molecule has 3 N–H and O–H groups in total. The maximum absolute atomic E-state index is 12.2. The zero-order chi connectivity index (χ0) is 16.4. The summed E-state index contributed by atoms with van der Waals surface area (Å²) in [5.41, 5.74) is 3.05. The van der Waals surface area contributed by atoms with Crippen molar-refractivity contribution in [3.05, 3.63) is 48.0 Å². The summed E-state index contributed by atoms with van der Waals surface area (Å²) in [5, 5.41) is 15.5. The molecule has 2 aromatic rings. The second kappa shape index (κ2) is 6.52. The van der Waals surface area contributed by atoms with Crippen LogP contribution in [0.5, 0.6) is 0 Å². The molecule has 0 radical (unpaired) electrons. The molecule has 0 saturated carbocycles. The van der Waals surface area contributed by atoms with Crippen molar-refractivity contribution < 1.29 is 9.90 Å². The summed E-state index contributed by atoms with van der Waals surface area (Å²) in [6, 6.07) is 7.65. The second-order valence-electron chi connectivity index (χ2n) is 6.09. The van der Waals surface area contributed by atoms with Gasteiger partial charge in [0.25, 0.3) is 0 Å². The van der Waals surface area contributed by atoms with Crippen LogP contribution in [0.25, 0.3) is 5.69 Å². The largest absolute Gasteiger partial charge is 0.392 e. The highest BCUT2D eigenvalue weighted by atomic mass is 16.3. The lowest BCUT2D eigenvalue weighted by Gasteiger charge is -2.18. The van der Waals surface area contributed by atoms with Gasteiger partial charge >= 0.3 is 0 Å². The smallest absolute Gasteiger partial charge is 0.237 e. The van der Waals surface area contributed by atoms with Crippen LogP contribution in [-0.2, 0) is 4.79 Å². The number of aromatic nitrogens is 2. The average Bonchev–Trinajstić information content (AvgIpc) is 3.16. The number of aryl methyl sites for hydroxylation is 1. The van der Waals surface area contributed by atoms with Crippen LogP contribution >= 0.6 is 0 Å². The van der Waals surface area contributed by atoms with Gasteiger partial charge in [-0.1, -0.05) is 12.1 Å². The van der Waals surface area contributed by atoms with Crippen molar-refractivity contribution in [2.24, 2.45) is 0 Å². The Morgan fingerprint density at radius 1 is 1.43 bits per heavy atom. The molecule has 2 unspecified atom stereocenters. The highest BCUT2D eigenvalue weighted by Gasteiger charge is 2.28. The number of carbonyl (C=O) groups excluding carboxylic acids is 1. The summed E-state index contributed by atoms with van der Waals surface area (Å²) in [5.74, 6) is -0.0663. The van der Waals surface area contributed by atoms with Crippen LogP contribution in [0.1, 0.15) is 30.6 Å². The zero-order valence-corrected chi connectivity index (χ0v) is 13.4. The topological polar surface area (TPSA) is 79.2 Å². The van der Waals surface area contributed by atoms with Gasteiger partial charge in [-0.2, -0.15) is 0 Å². The van der Waals surface area contributed by atoms with Crippen molar-refractivity contribution in [2.75, 3.05) is 6.54 Å². The third-order valence-electron chi connectivity index (χ3n) is 4.19. The highest BCUT2D eigenvalue weighted by molar-refractivity contribution is 5.82. The first kappa shape index (κ1) is 15.7. The summed E-state index contributed by atoms with van der Waals surface area (Å²) in [4.78, 5) is 16.4. The third kappa shape index (κ3) is 3.60. The van der Waals surface area contributed by atoms with Gasteiger partial charge < -0.3 is 20.3 Å². The van der Waals surface area contributed by atoms with E-state index in [1.807, 2.05) is 48.9 Å². The van der Waals surface area contributed by atoms with E-state index >= 15 is 0 Å². The van der Waals surface area contributed by atoms with Crippen molar-refractivity contribution in [3.63, 3.8) is 0 Å². The van der Waals surface area contributed by atoms with Crippen molar-refractivity contribution in [1.82, 2.24) is 20.2 Å². The molecule has 1 fully saturated rings. The summed E-state index contributed by atoms with van der Waals surface area (Å²) >= 11 is 0. The normalized spacial score (nSPS) is 22.0. The molecule has 0 aliphatic carbocycles. The van der Waals surface area contributed by atoms with Crippen LogP contribution in [0, 0.1) is 6.92 Å². The van der Waals surface area contributed by atoms with Gasteiger partial charge in [-0.25, -0.2) is 4.98 Å². The van der Waals surface area contributed by atoms with Crippen LogP contribution in [0.4, 0.5) is 0 Å². The van der Waals surface area contributed by atoms with E-state index in [4.69, 9.17) is 0 Å². The molecule has 1 aliphatic heterocycles. The molecule has 1 saturated heterocycles. The van der Waals surface area contributed by atoms with E-state index in [1.165, 1.54) is 0 Å². The number of amides is 1. The minimum Gasteiger partial charge on any atom is -0.392 e. The van der Waals surface area contributed by atoms with Gasteiger partial charge in [0.2, 0.25) is 5.91 Å². The minimum absolute atomic E-state index is 0.0663. The number of nitrogens with one attached hydrogen (secondary N) is 2. The molecule has 0 spiro atoms. The van der Waals surface area contributed by atoms with Gasteiger partial charge in [0.05, 0.1) is 30.2 Å². The second-order valence-corrected chi connectivity index (χ2v) is 6.09. The van der Waals surface area contributed by atoms with E-state index in [2.05, 4.69) is 15.6 Å². The molecule has 3 rings (SSSR count). The number of carbonyl (C=O) groups is 1. The van der Waals surface area contributed by atoms with Gasteiger partial charge in [-0.15, -0.1) is 0 Å². The SMILES string of the molecule is Cc1cn(-c2ccc([C@H](C)NC(=O)C3CC(O)CN3)cc2)cn1. The van der Waals surface area contributed by atoms with Gasteiger partial charge in [0.15, 0.2) is 0 Å². The number of β-amino-alcohol motifs (C(OH)–C–C–N with tert-alkyl or cyclic N) is 1. The Hall–Kier alpha value is -2.18. The third-order valence-corrected chi connectivity index (χ3v) is 4.19. The predicted octanol–water partition coefficient (Wildman–Crippen LogP) is 1.08. The molecule has 6 heteroatoms. The van der Waals surface area contributed by atoms with Crippen molar-refractivity contribution in [2.45, 2.75) is 38.5 Å². The molecule has 6 nitrogen and oxygen atoms in total. The fraction of sp³-hybridized carbons (Fsp3) is 0.412. The average molecular weight is 314 g/mol. The number of aliphatic hydroxyl groups is 1. The lowest BCUT2D eigenvalue weighted by molar-refractivity contribution is -0.123. The lowest BCUT2D eigenvalue weighted by Crippen LogP contribution is -2.41. The van der Waals surface area contributed by atoms with Gasteiger partial charge in [0.1, 0.15) is 0 Å². The van der Waals surface area contributed by atoms with E-state index in [9.17, 15) is 9.90 Å². The summed E-state index contributed by atoms with van der Waals surface area (Å²) in [7, 11) is 0. The number of aliphatic hydroxyl groups excluding tert-OH is 1. The number of hydrogen-bond acceptors (Lipinski definition) is 4. The number of nitrogens with zero attached hydrogens (tertiary/aromatic N) is 2. The van der Waals surface area contributed by atoms with E-state index in [-0.39, 0.29) is 18.0 Å². The lowest BCUT2D eigenvalue weighted by atomic mass is 10.1. The molecule has 3 atom stereocenters. The van der Waals surface area contributed by atoms with E-state index in [0.29, 0.717) is 13.0 Å². The Bertz CT molecular complexity index is 680. The van der Waals surface area contributed by atoms with Gasteiger partial charge in [-0.05, 0) is 38.0 Å². The molecular formula is C17H22N4O2. The summed E-state index contributed by atoms with van der Waals surface area (Å²) in [6.07, 6.45) is 3.79. The highest BCUT2D eigenvalue weighted by Crippen LogP contribution is 2.17. The Labute approximate surface area is 135 Å². The molecule has 23 heavy (non-hydrogen) atoms. The first-order valence-corrected chi connectivity index (χ1v) is 7.85. The fourth-order valence-electron chi connectivity index (χ4n) is 2.81. The Balaban J connectivity index is 1.63. The predicted molar refractivity (Wildman–Crippen MR) is 87.3 cm³/mol.